The molecule has 1 atom stereocenters. The second kappa shape index (κ2) is 6.83. The molecule has 0 saturated carbocycles. The predicted molar refractivity (Wildman–Crippen MR) is 77.4 cm³/mol. The number of hydrogen-bond donors (Lipinski definition) is 3. The van der Waals surface area contributed by atoms with Gasteiger partial charge in [-0.1, -0.05) is 0 Å². The zero-order valence-corrected chi connectivity index (χ0v) is 11.5. The van der Waals surface area contributed by atoms with Crippen molar-refractivity contribution < 1.29 is 9.59 Å². The first-order chi connectivity index (χ1) is 10.1. The van der Waals surface area contributed by atoms with Gasteiger partial charge in [0.1, 0.15) is 6.04 Å². The van der Waals surface area contributed by atoms with Crippen LogP contribution in [-0.2, 0) is 4.79 Å². The van der Waals surface area contributed by atoms with E-state index in [0.29, 0.717) is 24.3 Å². The number of nitriles is 1. The Kier molecular flexibility index (Phi) is 4.87. The fourth-order valence-corrected chi connectivity index (χ4v) is 2.17. The average Bonchev–Trinajstić information content (AvgIpc) is 2.48. The fraction of sp³-hybridized carbons (Fsp3) is 0.357. The molecule has 2 rings (SSSR count). The molecule has 0 bridgehead atoms. The van der Waals surface area contributed by atoms with Crippen molar-refractivity contribution in [2.75, 3.05) is 31.5 Å². The number of hydrogen-bond acceptors (Lipinski definition) is 5. The number of piperazine rings is 1. The van der Waals surface area contributed by atoms with Crippen LogP contribution < -0.4 is 16.4 Å². The molecule has 110 valence electrons. The van der Waals surface area contributed by atoms with Crippen molar-refractivity contribution >= 4 is 17.5 Å². The number of anilines is 1. The quantitative estimate of drug-likeness (QED) is 0.692. The number of carbonyl (C=O) groups is 2. The van der Waals surface area contributed by atoms with E-state index in [0.717, 1.165) is 6.54 Å². The average molecular weight is 287 g/mol. The molecule has 0 spiro atoms. The van der Waals surface area contributed by atoms with Crippen molar-refractivity contribution in [3.63, 3.8) is 0 Å². The summed E-state index contributed by atoms with van der Waals surface area (Å²) in [5.74, 6) is -0.700. The van der Waals surface area contributed by atoms with Gasteiger partial charge >= 0.3 is 0 Å². The molecule has 21 heavy (non-hydrogen) atoms. The highest BCUT2D eigenvalue weighted by atomic mass is 16.2. The van der Waals surface area contributed by atoms with Gasteiger partial charge in [0.15, 0.2) is 0 Å². The smallest absolute Gasteiger partial charge is 0.248 e. The standard InChI is InChI=1S/C14H17N5O2/c15-7-12-8-17-5-6-19(12)9-13(20)18-11-3-1-10(2-4-11)14(16)21/h1-4,12,17H,5-6,8-9H2,(H2,16,21)(H,18,20). The van der Waals surface area contributed by atoms with Gasteiger partial charge in [-0.2, -0.15) is 5.26 Å². The van der Waals surface area contributed by atoms with E-state index in [9.17, 15) is 9.59 Å². The number of amides is 2. The van der Waals surface area contributed by atoms with Gasteiger partial charge in [0, 0.05) is 30.9 Å². The van der Waals surface area contributed by atoms with Gasteiger partial charge in [-0.25, -0.2) is 0 Å². The number of benzene rings is 1. The van der Waals surface area contributed by atoms with Gasteiger partial charge in [0.25, 0.3) is 0 Å². The Morgan fingerprint density at radius 3 is 2.76 bits per heavy atom. The summed E-state index contributed by atoms with van der Waals surface area (Å²) in [6.45, 7) is 2.15. The Bertz CT molecular complexity index is 564. The van der Waals surface area contributed by atoms with Crippen molar-refractivity contribution in [1.29, 1.82) is 5.26 Å². The molecule has 1 fully saturated rings. The summed E-state index contributed by atoms with van der Waals surface area (Å²) in [6.07, 6.45) is 0. The molecule has 0 aliphatic carbocycles. The van der Waals surface area contributed by atoms with Crippen molar-refractivity contribution in [3.05, 3.63) is 29.8 Å². The Hall–Kier alpha value is -2.43. The van der Waals surface area contributed by atoms with Crippen molar-refractivity contribution in [1.82, 2.24) is 10.2 Å². The summed E-state index contributed by atoms with van der Waals surface area (Å²) >= 11 is 0. The third kappa shape index (κ3) is 4.02. The van der Waals surface area contributed by atoms with E-state index < -0.39 is 5.91 Å². The molecule has 7 nitrogen and oxygen atoms in total. The largest absolute Gasteiger partial charge is 0.366 e. The van der Waals surface area contributed by atoms with Gasteiger partial charge in [-0.15, -0.1) is 0 Å². The van der Waals surface area contributed by atoms with Crippen LogP contribution >= 0.6 is 0 Å². The lowest BCUT2D eigenvalue weighted by Gasteiger charge is -2.31. The normalized spacial score (nSPS) is 18.7. The monoisotopic (exact) mass is 287 g/mol. The SMILES string of the molecule is N#CC1CNCCN1CC(=O)Nc1ccc(C(N)=O)cc1. The summed E-state index contributed by atoms with van der Waals surface area (Å²) in [5.41, 5.74) is 6.13. The first kappa shape index (κ1) is 15.0. The highest BCUT2D eigenvalue weighted by Gasteiger charge is 2.23. The molecule has 0 radical (unpaired) electrons. The molecule has 7 heteroatoms. The zero-order valence-electron chi connectivity index (χ0n) is 11.5. The maximum Gasteiger partial charge on any atom is 0.248 e. The van der Waals surface area contributed by atoms with E-state index in [1.165, 1.54) is 0 Å². The molecule has 1 unspecified atom stereocenters. The van der Waals surface area contributed by atoms with Crippen LogP contribution in [0.25, 0.3) is 0 Å². The van der Waals surface area contributed by atoms with Gasteiger partial charge < -0.3 is 16.4 Å². The lowest BCUT2D eigenvalue weighted by Crippen LogP contribution is -2.52. The van der Waals surface area contributed by atoms with E-state index in [2.05, 4.69) is 16.7 Å². The minimum Gasteiger partial charge on any atom is -0.366 e. The zero-order chi connectivity index (χ0) is 15.2. The van der Waals surface area contributed by atoms with Crippen molar-refractivity contribution in [3.8, 4) is 6.07 Å². The van der Waals surface area contributed by atoms with Gasteiger partial charge in [-0.05, 0) is 24.3 Å². The summed E-state index contributed by atoms with van der Waals surface area (Å²) in [6, 6.07) is 8.24. The maximum atomic E-state index is 12.0. The van der Waals surface area contributed by atoms with Crippen LogP contribution in [0.15, 0.2) is 24.3 Å². The molecule has 1 aliphatic rings. The summed E-state index contributed by atoms with van der Waals surface area (Å²) < 4.78 is 0. The summed E-state index contributed by atoms with van der Waals surface area (Å²) in [4.78, 5) is 24.8. The molecule has 1 aromatic rings. The van der Waals surface area contributed by atoms with Crippen molar-refractivity contribution in [2.24, 2.45) is 5.73 Å². The molecule has 1 aromatic carbocycles. The molecule has 2 amide bonds. The van der Waals surface area contributed by atoms with E-state index in [4.69, 9.17) is 11.0 Å². The molecular formula is C14H17N5O2. The van der Waals surface area contributed by atoms with Crippen molar-refractivity contribution in [2.45, 2.75) is 6.04 Å². The fourth-order valence-electron chi connectivity index (χ4n) is 2.17. The number of primary amides is 1. The second-order valence-electron chi connectivity index (χ2n) is 4.81. The van der Waals surface area contributed by atoms with Gasteiger partial charge in [-0.3, -0.25) is 14.5 Å². The number of nitrogens with two attached hydrogens (primary N) is 1. The summed E-state index contributed by atoms with van der Waals surface area (Å²) in [7, 11) is 0. The second-order valence-corrected chi connectivity index (χ2v) is 4.81. The Morgan fingerprint density at radius 1 is 1.43 bits per heavy atom. The third-order valence-corrected chi connectivity index (χ3v) is 3.30. The molecule has 1 aliphatic heterocycles. The van der Waals surface area contributed by atoms with E-state index >= 15 is 0 Å². The molecule has 0 aromatic heterocycles. The topological polar surface area (TPSA) is 111 Å². The third-order valence-electron chi connectivity index (χ3n) is 3.30. The first-order valence-corrected chi connectivity index (χ1v) is 6.64. The van der Waals surface area contributed by atoms with E-state index in [1.807, 2.05) is 4.90 Å². The Balaban J connectivity index is 1.92. The van der Waals surface area contributed by atoms with Crippen LogP contribution in [0.2, 0.25) is 0 Å². The highest BCUT2D eigenvalue weighted by Crippen LogP contribution is 2.10. The lowest BCUT2D eigenvalue weighted by molar-refractivity contribution is -0.117. The minimum absolute atomic E-state index is 0.164. The molecular weight excluding hydrogens is 270 g/mol. The van der Waals surface area contributed by atoms with Crippen LogP contribution in [-0.4, -0.2) is 48.9 Å². The Morgan fingerprint density at radius 2 is 2.14 bits per heavy atom. The maximum absolute atomic E-state index is 12.0. The highest BCUT2D eigenvalue weighted by molar-refractivity contribution is 5.95. The van der Waals surface area contributed by atoms with Crippen LogP contribution in [0.3, 0.4) is 0 Å². The number of nitrogens with one attached hydrogen (secondary N) is 2. The number of carbonyl (C=O) groups excluding carboxylic acids is 2. The number of nitrogens with zero attached hydrogens (tertiary/aromatic N) is 2. The number of rotatable bonds is 4. The molecule has 4 N–H and O–H groups in total. The first-order valence-electron chi connectivity index (χ1n) is 6.64. The van der Waals surface area contributed by atoms with E-state index in [1.54, 1.807) is 24.3 Å². The van der Waals surface area contributed by atoms with Crippen LogP contribution in [0.5, 0.6) is 0 Å². The van der Waals surface area contributed by atoms with Crippen LogP contribution in [0, 0.1) is 11.3 Å². The molecule has 1 heterocycles. The summed E-state index contributed by atoms with van der Waals surface area (Å²) in [5, 5.41) is 14.9. The lowest BCUT2D eigenvalue weighted by atomic mass is 10.2. The Labute approximate surface area is 122 Å². The van der Waals surface area contributed by atoms with Crippen LogP contribution in [0.4, 0.5) is 5.69 Å². The van der Waals surface area contributed by atoms with Crippen LogP contribution in [0.1, 0.15) is 10.4 Å². The van der Waals surface area contributed by atoms with E-state index in [-0.39, 0.29) is 18.5 Å². The minimum atomic E-state index is -0.509. The predicted octanol–water partition coefficient (Wildman–Crippen LogP) is -0.479. The van der Waals surface area contributed by atoms with Gasteiger partial charge in [0.05, 0.1) is 12.6 Å². The van der Waals surface area contributed by atoms with Gasteiger partial charge in [0.2, 0.25) is 11.8 Å². The molecule has 1 saturated heterocycles.